The number of hydrogen-bond acceptors (Lipinski definition) is 3. The zero-order valence-electron chi connectivity index (χ0n) is 13.5. The SMILES string of the molecule is CC(C)C1CN(CCN)CCC(=O)N1Cc1ccc(F)cc1. The van der Waals surface area contributed by atoms with Gasteiger partial charge in [0.1, 0.15) is 5.82 Å². The Morgan fingerprint density at radius 3 is 2.59 bits per heavy atom. The fourth-order valence-corrected chi connectivity index (χ4v) is 2.99. The molecule has 0 spiro atoms. The molecule has 1 unspecified atom stereocenters. The van der Waals surface area contributed by atoms with Gasteiger partial charge in [-0.15, -0.1) is 0 Å². The normalized spacial score (nSPS) is 20.5. The molecule has 1 saturated heterocycles. The third kappa shape index (κ3) is 4.27. The molecule has 0 aromatic heterocycles. The second-order valence-corrected chi connectivity index (χ2v) is 6.30. The lowest BCUT2D eigenvalue weighted by Gasteiger charge is -2.34. The third-order valence-corrected chi connectivity index (χ3v) is 4.29. The van der Waals surface area contributed by atoms with Gasteiger partial charge in [-0.1, -0.05) is 26.0 Å². The maximum Gasteiger partial charge on any atom is 0.224 e. The van der Waals surface area contributed by atoms with Crippen molar-refractivity contribution >= 4 is 5.91 Å². The van der Waals surface area contributed by atoms with Crippen LogP contribution in [0.5, 0.6) is 0 Å². The van der Waals surface area contributed by atoms with Crippen molar-refractivity contribution in [3.8, 4) is 0 Å². The van der Waals surface area contributed by atoms with E-state index >= 15 is 0 Å². The van der Waals surface area contributed by atoms with E-state index in [0.717, 1.165) is 25.2 Å². The lowest BCUT2D eigenvalue weighted by molar-refractivity contribution is -0.134. The van der Waals surface area contributed by atoms with E-state index in [2.05, 4.69) is 18.7 Å². The number of nitrogens with two attached hydrogens (primary N) is 1. The molecule has 1 aliphatic heterocycles. The molecule has 1 atom stereocenters. The number of hydrogen-bond donors (Lipinski definition) is 1. The number of carbonyl (C=O) groups excluding carboxylic acids is 1. The summed E-state index contributed by atoms with van der Waals surface area (Å²) in [5, 5.41) is 0. The summed E-state index contributed by atoms with van der Waals surface area (Å²) in [6, 6.07) is 6.56. The first-order chi connectivity index (χ1) is 10.5. The molecule has 0 aliphatic carbocycles. The van der Waals surface area contributed by atoms with Crippen molar-refractivity contribution in [3.63, 3.8) is 0 Å². The van der Waals surface area contributed by atoms with Crippen LogP contribution < -0.4 is 5.73 Å². The van der Waals surface area contributed by atoms with Crippen LogP contribution >= 0.6 is 0 Å². The molecule has 2 rings (SSSR count). The molecule has 122 valence electrons. The third-order valence-electron chi connectivity index (χ3n) is 4.29. The second-order valence-electron chi connectivity index (χ2n) is 6.30. The van der Waals surface area contributed by atoms with E-state index in [1.165, 1.54) is 12.1 Å². The van der Waals surface area contributed by atoms with Crippen LogP contribution in [0, 0.1) is 11.7 Å². The quantitative estimate of drug-likeness (QED) is 0.903. The Hall–Kier alpha value is -1.46. The molecule has 2 N–H and O–H groups in total. The number of halogens is 1. The highest BCUT2D eigenvalue weighted by molar-refractivity contribution is 5.77. The molecule has 1 aromatic carbocycles. The van der Waals surface area contributed by atoms with Gasteiger partial charge in [-0.05, 0) is 23.6 Å². The van der Waals surface area contributed by atoms with Gasteiger partial charge in [-0.2, -0.15) is 0 Å². The molecule has 1 aromatic rings. The molecular formula is C17H26FN3O. The van der Waals surface area contributed by atoms with Gasteiger partial charge >= 0.3 is 0 Å². The minimum atomic E-state index is -0.250. The first kappa shape index (κ1) is 16.9. The van der Waals surface area contributed by atoms with Crippen molar-refractivity contribution in [2.45, 2.75) is 32.9 Å². The molecule has 1 amide bonds. The van der Waals surface area contributed by atoms with Gasteiger partial charge in [-0.25, -0.2) is 4.39 Å². The smallest absolute Gasteiger partial charge is 0.224 e. The van der Waals surface area contributed by atoms with Gasteiger partial charge in [0.2, 0.25) is 5.91 Å². The van der Waals surface area contributed by atoms with Crippen LogP contribution in [0.25, 0.3) is 0 Å². The molecule has 1 fully saturated rings. The minimum Gasteiger partial charge on any atom is -0.334 e. The van der Waals surface area contributed by atoms with E-state index in [9.17, 15) is 9.18 Å². The van der Waals surface area contributed by atoms with E-state index in [0.29, 0.717) is 25.4 Å². The predicted molar refractivity (Wildman–Crippen MR) is 85.7 cm³/mol. The fraction of sp³-hybridized carbons (Fsp3) is 0.588. The number of benzene rings is 1. The number of rotatable bonds is 5. The number of nitrogens with zero attached hydrogens (tertiary/aromatic N) is 2. The molecule has 0 bridgehead atoms. The molecule has 1 heterocycles. The van der Waals surface area contributed by atoms with Crippen molar-refractivity contribution in [2.75, 3.05) is 26.2 Å². The molecular weight excluding hydrogens is 281 g/mol. The van der Waals surface area contributed by atoms with E-state index in [1.807, 2.05) is 4.90 Å². The average molecular weight is 307 g/mol. The van der Waals surface area contributed by atoms with Crippen LogP contribution in [0.2, 0.25) is 0 Å². The number of amides is 1. The van der Waals surface area contributed by atoms with Gasteiger partial charge in [-0.3, -0.25) is 9.69 Å². The van der Waals surface area contributed by atoms with Crippen LogP contribution in [0.3, 0.4) is 0 Å². The van der Waals surface area contributed by atoms with E-state index in [-0.39, 0.29) is 17.8 Å². The molecule has 22 heavy (non-hydrogen) atoms. The molecule has 0 radical (unpaired) electrons. The first-order valence-electron chi connectivity index (χ1n) is 7.97. The molecule has 5 heteroatoms. The largest absolute Gasteiger partial charge is 0.334 e. The van der Waals surface area contributed by atoms with E-state index in [4.69, 9.17) is 5.73 Å². The highest BCUT2D eigenvalue weighted by atomic mass is 19.1. The molecule has 4 nitrogen and oxygen atoms in total. The molecule has 0 saturated carbocycles. The highest BCUT2D eigenvalue weighted by Crippen LogP contribution is 2.20. The van der Waals surface area contributed by atoms with Gasteiger partial charge in [0, 0.05) is 45.2 Å². The second kappa shape index (κ2) is 7.70. The van der Waals surface area contributed by atoms with Crippen LogP contribution in [-0.2, 0) is 11.3 Å². The lowest BCUT2D eigenvalue weighted by atomic mass is 10.0. The first-order valence-corrected chi connectivity index (χ1v) is 7.97. The topological polar surface area (TPSA) is 49.6 Å². The average Bonchev–Trinajstić information content (AvgIpc) is 2.63. The van der Waals surface area contributed by atoms with E-state index < -0.39 is 0 Å². The minimum absolute atomic E-state index is 0.159. The van der Waals surface area contributed by atoms with Crippen LogP contribution in [0.1, 0.15) is 25.8 Å². The van der Waals surface area contributed by atoms with E-state index in [1.54, 1.807) is 12.1 Å². The zero-order valence-corrected chi connectivity index (χ0v) is 13.5. The summed E-state index contributed by atoms with van der Waals surface area (Å²) in [7, 11) is 0. The van der Waals surface area contributed by atoms with Crippen LogP contribution in [0.15, 0.2) is 24.3 Å². The maximum absolute atomic E-state index is 13.0. The monoisotopic (exact) mass is 307 g/mol. The Morgan fingerprint density at radius 1 is 1.32 bits per heavy atom. The summed E-state index contributed by atoms with van der Waals surface area (Å²) >= 11 is 0. The Morgan fingerprint density at radius 2 is 2.00 bits per heavy atom. The Labute approximate surface area is 132 Å². The summed E-state index contributed by atoms with van der Waals surface area (Å²) in [6.07, 6.45) is 0.518. The Bertz CT molecular complexity index is 489. The Balaban J connectivity index is 2.17. The van der Waals surface area contributed by atoms with Crippen molar-refractivity contribution in [1.82, 2.24) is 9.80 Å². The zero-order chi connectivity index (χ0) is 16.1. The predicted octanol–water partition coefficient (Wildman–Crippen LogP) is 1.84. The lowest BCUT2D eigenvalue weighted by Crippen LogP contribution is -2.46. The summed E-state index contributed by atoms with van der Waals surface area (Å²) in [4.78, 5) is 16.8. The highest BCUT2D eigenvalue weighted by Gasteiger charge is 2.31. The van der Waals surface area contributed by atoms with Gasteiger partial charge in [0.15, 0.2) is 0 Å². The standard InChI is InChI=1S/C17H26FN3O/c1-13(2)16-12-20(10-8-19)9-7-17(22)21(16)11-14-3-5-15(18)6-4-14/h3-6,13,16H,7-12,19H2,1-2H3. The van der Waals surface area contributed by atoms with Crippen molar-refractivity contribution in [2.24, 2.45) is 11.7 Å². The van der Waals surface area contributed by atoms with Gasteiger partial charge in [0.25, 0.3) is 0 Å². The van der Waals surface area contributed by atoms with Crippen LogP contribution in [-0.4, -0.2) is 47.9 Å². The van der Waals surface area contributed by atoms with Crippen molar-refractivity contribution in [1.29, 1.82) is 0 Å². The molecule has 1 aliphatic rings. The summed E-state index contributed by atoms with van der Waals surface area (Å²) < 4.78 is 13.0. The van der Waals surface area contributed by atoms with Gasteiger partial charge < -0.3 is 10.6 Å². The summed E-state index contributed by atoms with van der Waals surface area (Å²) in [5.41, 5.74) is 6.63. The summed E-state index contributed by atoms with van der Waals surface area (Å²) in [5.74, 6) is 0.283. The Kier molecular flexibility index (Phi) is 5.91. The van der Waals surface area contributed by atoms with Crippen LogP contribution in [0.4, 0.5) is 4.39 Å². The maximum atomic E-state index is 13.0. The van der Waals surface area contributed by atoms with Crippen molar-refractivity contribution < 1.29 is 9.18 Å². The van der Waals surface area contributed by atoms with Crippen molar-refractivity contribution in [3.05, 3.63) is 35.6 Å². The fourth-order valence-electron chi connectivity index (χ4n) is 2.99. The van der Waals surface area contributed by atoms with Gasteiger partial charge in [0.05, 0.1) is 0 Å². The summed E-state index contributed by atoms with van der Waals surface area (Å²) in [6.45, 7) is 7.86. The number of carbonyl (C=O) groups is 1.